The summed E-state index contributed by atoms with van der Waals surface area (Å²) in [6.45, 7) is 5.04. The number of rotatable bonds is 8. The molecule has 2 N–H and O–H groups in total. The minimum Gasteiger partial charge on any atom is -0.382 e. The molecule has 1 aromatic carbocycles. The van der Waals surface area contributed by atoms with Gasteiger partial charge in [-0.3, -0.25) is 4.99 Å². The van der Waals surface area contributed by atoms with Crippen molar-refractivity contribution < 1.29 is 9.47 Å². The van der Waals surface area contributed by atoms with Crippen LogP contribution in [-0.4, -0.2) is 69.5 Å². The number of hydrogen-bond donors (Lipinski definition) is 2. The number of ether oxygens (including phenoxy) is 2. The Kier molecular flexibility index (Phi) is 6.91. The molecule has 26 heavy (non-hydrogen) atoms. The average molecular weight is 358 g/mol. The van der Waals surface area contributed by atoms with E-state index in [1.807, 2.05) is 7.05 Å². The molecule has 0 aliphatic carbocycles. The summed E-state index contributed by atoms with van der Waals surface area (Å²) in [5, 5.41) is 4.82. The van der Waals surface area contributed by atoms with E-state index >= 15 is 0 Å². The number of benzene rings is 1. The van der Waals surface area contributed by atoms with Crippen molar-refractivity contribution in [2.24, 2.45) is 10.9 Å². The van der Waals surface area contributed by atoms with E-state index in [4.69, 9.17) is 9.47 Å². The van der Waals surface area contributed by atoms with E-state index in [0.29, 0.717) is 19.1 Å². The third-order valence-corrected chi connectivity index (χ3v) is 4.93. The molecule has 1 unspecified atom stereocenters. The summed E-state index contributed by atoms with van der Waals surface area (Å²) in [5.41, 5.74) is 2.54. The molecule has 1 fully saturated rings. The lowest BCUT2D eigenvalue weighted by molar-refractivity contribution is 0.0536. The Balaban J connectivity index is 1.44. The lowest BCUT2D eigenvalue weighted by Crippen LogP contribution is -2.41. The van der Waals surface area contributed by atoms with Crippen molar-refractivity contribution >= 4 is 16.9 Å². The number of guanidine groups is 1. The SMILES string of the molecule is CN=C(NCCc1c[nH]c2ccccc12)N1CCC(COCCOC)C1. The number of nitrogens with one attached hydrogen (secondary N) is 2. The zero-order chi connectivity index (χ0) is 18.2. The first kappa shape index (κ1) is 18.7. The molecular weight excluding hydrogens is 328 g/mol. The summed E-state index contributed by atoms with van der Waals surface area (Å²) in [4.78, 5) is 10.1. The number of aromatic amines is 1. The van der Waals surface area contributed by atoms with Crippen molar-refractivity contribution in [1.29, 1.82) is 0 Å². The highest BCUT2D eigenvalue weighted by Crippen LogP contribution is 2.18. The molecule has 142 valence electrons. The zero-order valence-corrected chi connectivity index (χ0v) is 15.8. The maximum absolute atomic E-state index is 5.68. The van der Waals surface area contributed by atoms with Gasteiger partial charge in [-0.25, -0.2) is 0 Å². The lowest BCUT2D eigenvalue weighted by Gasteiger charge is -2.21. The van der Waals surface area contributed by atoms with E-state index in [1.165, 1.54) is 16.5 Å². The molecule has 0 bridgehead atoms. The van der Waals surface area contributed by atoms with Gasteiger partial charge in [0.15, 0.2) is 5.96 Å². The van der Waals surface area contributed by atoms with Crippen LogP contribution < -0.4 is 5.32 Å². The van der Waals surface area contributed by atoms with Gasteiger partial charge in [-0.05, 0) is 24.5 Å². The fraction of sp³-hybridized carbons (Fsp3) is 0.550. The van der Waals surface area contributed by atoms with E-state index in [2.05, 4.69) is 50.7 Å². The number of fused-ring (bicyclic) bond motifs is 1. The Hall–Kier alpha value is -2.05. The summed E-state index contributed by atoms with van der Waals surface area (Å²) < 4.78 is 10.7. The molecule has 1 aliphatic heterocycles. The predicted octanol–water partition coefficient (Wildman–Crippen LogP) is 2.27. The van der Waals surface area contributed by atoms with E-state index < -0.39 is 0 Å². The number of hydrogen-bond acceptors (Lipinski definition) is 3. The molecule has 1 aliphatic rings. The second kappa shape index (κ2) is 9.59. The average Bonchev–Trinajstić information content (AvgIpc) is 3.30. The maximum atomic E-state index is 5.68. The first-order valence-electron chi connectivity index (χ1n) is 9.39. The molecule has 1 saturated heterocycles. The Bertz CT molecular complexity index is 713. The number of aliphatic imine (C=N–C) groups is 1. The summed E-state index contributed by atoms with van der Waals surface area (Å²) >= 11 is 0. The highest BCUT2D eigenvalue weighted by molar-refractivity contribution is 5.83. The maximum Gasteiger partial charge on any atom is 0.193 e. The van der Waals surface area contributed by atoms with Crippen LogP contribution in [0.5, 0.6) is 0 Å². The molecular formula is C20H30N4O2. The van der Waals surface area contributed by atoms with E-state index in [0.717, 1.165) is 45.0 Å². The molecule has 6 nitrogen and oxygen atoms in total. The van der Waals surface area contributed by atoms with E-state index in [9.17, 15) is 0 Å². The fourth-order valence-corrected chi connectivity index (χ4v) is 3.53. The number of para-hydroxylation sites is 1. The first-order chi connectivity index (χ1) is 12.8. The van der Waals surface area contributed by atoms with Crippen LogP contribution >= 0.6 is 0 Å². The molecule has 0 saturated carbocycles. The number of aromatic nitrogens is 1. The first-order valence-corrected chi connectivity index (χ1v) is 9.39. The van der Waals surface area contributed by atoms with Crippen LogP contribution in [0.3, 0.4) is 0 Å². The van der Waals surface area contributed by atoms with Crippen molar-refractivity contribution in [2.45, 2.75) is 12.8 Å². The fourth-order valence-electron chi connectivity index (χ4n) is 3.53. The summed E-state index contributed by atoms with van der Waals surface area (Å²) in [6, 6.07) is 8.44. The minimum absolute atomic E-state index is 0.569. The van der Waals surface area contributed by atoms with Gasteiger partial charge >= 0.3 is 0 Å². The third kappa shape index (κ3) is 4.77. The number of methoxy groups -OCH3 is 1. The topological polar surface area (TPSA) is 61.9 Å². The highest BCUT2D eigenvalue weighted by atomic mass is 16.5. The van der Waals surface area contributed by atoms with Gasteiger partial charge in [-0.2, -0.15) is 0 Å². The Morgan fingerprint density at radius 3 is 3.08 bits per heavy atom. The van der Waals surface area contributed by atoms with Crippen molar-refractivity contribution in [3.05, 3.63) is 36.0 Å². The number of H-pyrrole nitrogens is 1. The second-order valence-corrected chi connectivity index (χ2v) is 6.75. The van der Waals surface area contributed by atoms with Crippen molar-refractivity contribution in [2.75, 3.05) is 53.6 Å². The largest absolute Gasteiger partial charge is 0.382 e. The van der Waals surface area contributed by atoms with Gasteiger partial charge in [0.1, 0.15) is 0 Å². The molecule has 6 heteroatoms. The van der Waals surface area contributed by atoms with Gasteiger partial charge in [0.25, 0.3) is 0 Å². The van der Waals surface area contributed by atoms with Crippen molar-refractivity contribution in [1.82, 2.24) is 15.2 Å². The zero-order valence-electron chi connectivity index (χ0n) is 15.8. The van der Waals surface area contributed by atoms with Gasteiger partial charge in [-0.1, -0.05) is 18.2 Å². The van der Waals surface area contributed by atoms with Crippen LogP contribution in [0.4, 0.5) is 0 Å². The van der Waals surface area contributed by atoms with Crippen LogP contribution in [0.1, 0.15) is 12.0 Å². The van der Waals surface area contributed by atoms with Crippen LogP contribution in [0.15, 0.2) is 35.5 Å². The Morgan fingerprint density at radius 2 is 2.23 bits per heavy atom. The summed E-state index contributed by atoms with van der Waals surface area (Å²) in [5.74, 6) is 1.56. The van der Waals surface area contributed by atoms with Gasteiger partial charge < -0.3 is 24.7 Å². The summed E-state index contributed by atoms with van der Waals surface area (Å²) in [6.07, 6.45) is 4.23. The molecule has 0 amide bonds. The van der Waals surface area contributed by atoms with E-state index in [1.54, 1.807) is 7.11 Å². The Labute approximate surface area is 155 Å². The third-order valence-electron chi connectivity index (χ3n) is 4.93. The smallest absolute Gasteiger partial charge is 0.193 e. The molecule has 2 aromatic rings. The number of likely N-dealkylation sites (tertiary alicyclic amines) is 1. The predicted molar refractivity (Wildman–Crippen MR) is 106 cm³/mol. The second-order valence-electron chi connectivity index (χ2n) is 6.75. The van der Waals surface area contributed by atoms with Crippen molar-refractivity contribution in [3.8, 4) is 0 Å². The standard InChI is InChI=1S/C20H30N4O2/c1-21-20(24-10-8-16(14-24)15-26-12-11-25-2)22-9-7-17-13-23-19-6-4-3-5-18(17)19/h3-6,13,16,23H,7-12,14-15H2,1-2H3,(H,21,22). The van der Waals surface area contributed by atoms with Gasteiger partial charge in [0, 0.05) is 56.8 Å². The monoisotopic (exact) mass is 358 g/mol. The van der Waals surface area contributed by atoms with Crippen LogP contribution in [0.25, 0.3) is 10.9 Å². The number of nitrogens with zero attached hydrogens (tertiary/aromatic N) is 2. The quantitative estimate of drug-likeness (QED) is 0.432. The molecule has 2 heterocycles. The van der Waals surface area contributed by atoms with Crippen LogP contribution in [-0.2, 0) is 15.9 Å². The normalized spacial score (nSPS) is 18.0. The summed E-state index contributed by atoms with van der Waals surface area (Å²) in [7, 11) is 3.56. The molecule has 3 rings (SSSR count). The molecule has 1 aromatic heterocycles. The van der Waals surface area contributed by atoms with Gasteiger partial charge in [-0.15, -0.1) is 0 Å². The Morgan fingerprint density at radius 1 is 1.35 bits per heavy atom. The highest BCUT2D eigenvalue weighted by Gasteiger charge is 2.24. The van der Waals surface area contributed by atoms with Crippen LogP contribution in [0, 0.1) is 5.92 Å². The van der Waals surface area contributed by atoms with Gasteiger partial charge in [0.05, 0.1) is 19.8 Å². The van der Waals surface area contributed by atoms with Crippen molar-refractivity contribution in [3.63, 3.8) is 0 Å². The molecule has 0 radical (unpaired) electrons. The minimum atomic E-state index is 0.569. The molecule has 0 spiro atoms. The van der Waals surface area contributed by atoms with Gasteiger partial charge in [0.2, 0.25) is 0 Å². The van der Waals surface area contributed by atoms with E-state index in [-0.39, 0.29) is 0 Å². The molecule has 1 atom stereocenters. The van der Waals surface area contributed by atoms with Crippen LogP contribution in [0.2, 0.25) is 0 Å². The lowest BCUT2D eigenvalue weighted by atomic mass is 10.1.